The van der Waals surface area contributed by atoms with Crippen molar-refractivity contribution in [1.82, 2.24) is 14.7 Å². The summed E-state index contributed by atoms with van der Waals surface area (Å²) in [5.41, 5.74) is 7.76. The molecular formula is C32H42ClF4N5O. The number of alkyl halides is 3. The van der Waals surface area contributed by atoms with E-state index in [1.54, 1.807) is 29.2 Å². The molecule has 2 N–H and O–H groups in total. The van der Waals surface area contributed by atoms with E-state index in [1.165, 1.54) is 38.2 Å². The highest BCUT2D eigenvalue weighted by molar-refractivity contribution is 6.31. The van der Waals surface area contributed by atoms with E-state index in [2.05, 4.69) is 9.80 Å². The Hall–Kier alpha value is -2.40. The van der Waals surface area contributed by atoms with Gasteiger partial charge in [0, 0.05) is 93.8 Å². The highest BCUT2D eigenvalue weighted by Crippen LogP contribution is 2.39. The maximum atomic E-state index is 16.2. The third-order valence-corrected chi connectivity index (χ3v) is 9.48. The monoisotopic (exact) mass is 623 g/mol. The van der Waals surface area contributed by atoms with Gasteiger partial charge in [0.15, 0.2) is 0 Å². The topological polar surface area (TPSA) is 56.1 Å². The Labute approximate surface area is 256 Å². The highest BCUT2D eigenvalue weighted by atomic mass is 35.5. The number of nitrogens with two attached hydrogens (primary N) is 1. The molecule has 43 heavy (non-hydrogen) atoms. The van der Waals surface area contributed by atoms with Crippen molar-refractivity contribution in [3.8, 4) is 11.1 Å². The molecule has 2 heterocycles. The van der Waals surface area contributed by atoms with E-state index in [1.807, 2.05) is 4.90 Å². The van der Waals surface area contributed by atoms with Crippen molar-refractivity contribution >= 4 is 23.2 Å². The Bertz CT molecular complexity index is 1250. The van der Waals surface area contributed by atoms with E-state index in [0.29, 0.717) is 54.6 Å². The summed E-state index contributed by atoms with van der Waals surface area (Å²) >= 11 is 6.41. The lowest BCUT2D eigenvalue weighted by Gasteiger charge is -2.38. The smallest absolute Gasteiger partial charge is 0.368 e. The summed E-state index contributed by atoms with van der Waals surface area (Å²) in [5, 5.41) is 0.473. The Balaban J connectivity index is 1.35. The second-order valence-corrected chi connectivity index (χ2v) is 12.7. The molecule has 0 unspecified atom stereocenters. The van der Waals surface area contributed by atoms with Crippen LogP contribution >= 0.6 is 11.6 Å². The number of amides is 1. The van der Waals surface area contributed by atoms with E-state index in [0.717, 1.165) is 44.2 Å². The molecule has 1 saturated carbocycles. The summed E-state index contributed by atoms with van der Waals surface area (Å²) in [5.74, 6) is -0.707. The van der Waals surface area contributed by atoms with Gasteiger partial charge in [0.2, 0.25) is 0 Å². The standard InChI is InChI=1S/C32H42ClF4N5O/c33-25-7-9-26(28(20-25)42-18-16-39(17-19-42)11-10-32(35,36)37)29-24(6-8-27(30(29)34)31(38)43)22-41-14-12-40(13-15-41)21-23-4-2-1-3-5-23/h6-9,20,23H,1-5,10-19,21-22H2,(H2,38,43). The summed E-state index contributed by atoms with van der Waals surface area (Å²) in [6.45, 7) is 7.16. The Morgan fingerprint density at radius 2 is 1.53 bits per heavy atom. The minimum Gasteiger partial charge on any atom is -0.368 e. The summed E-state index contributed by atoms with van der Waals surface area (Å²) in [4.78, 5) is 20.9. The molecule has 6 nitrogen and oxygen atoms in total. The number of primary amides is 1. The van der Waals surface area contributed by atoms with Crippen molar-refractivity contribution in [3.63, 3.8) is 0 Å². The Morgan fingerprint density at radius 3 is 2.19 bits per heavy atom. The molecule has 0 spiro atoms. The van der Waals surface area contributed by atoms with Gasteiger partial charge in [-0.15, -0.1) is 0 Å². The summed E-state index contributed by atoms with van der Waals surface area (Å²) < 4.78 is 54.5. The maximum absolute atomic E-state index is 16.2. The van der Waals surface area contributed by atoms with Crippen LogP contribution < -0.4 is 10.6 Å². The van der Waals surface area contributed by atoms with Gasteiger partial charge in [-0.3, -0.25) is 14.6 Å². The van der Waals surface area contributed by atoms with Gasteiger partial charge in [0.25, 0.3) is 5.91 Å². The third-order valence-electron chi connectivity index (χ3n) is 9.25. The summed E-state index contributed by atoms with van der Waals surface area (Å²) in [6, 6.07) is 8.49. The highest BCUT2D eigenvalue weighted by Gasteiger charge is 2.30. The van der Waals surface area contributed by atoms with Gasteiger partial charge in [-0.2, -0.15) is 13.2 Å². The van der Waals surface area contributed by atoms with Crippen molar-refractivity contribution in [2.24, 2.45) is 11.7 Å². The van der Waals surface area contributed by atoms with Crippen LogP contribution in [0.4, 0.5) is 23.2 Å². The van der Waals surface area contributed by atoms with Gasteiger partial charge in [-0.05, 0) is 42.5 Å². The molecule has 3 fully saturated rings. The number of rotatable bonds is 9. The molecule has 2 aliphatic heterocycles. The van der Waals surface area contributed by atoms with Crippen LogP contribution in [-0.4, -0.2) is 92.2 Å². The Morgan fingerprint density at radius 1 is 0.884 bits per heavy atom. The van der Waals surface area contributed by atoms with Crippen molar-refractivity contribution in [2.45, 2.75) is 51.2 Å². The number of piperazine rings is 2. The average Bonchev–Trinajstić information content (AvgIpc) is 2.98. The number of carbonyl (C=O) groups is 1. The lowest BCUT2D eigenvalue weighted by molar-refractivity contribution is -0.138. The van der Waals surface area contributed by atoms with Gasteiger partial charge in [-0.25, -0.2) is 4.39 Å². The maximum Gasteiger partial charge on any atom is 0.390 e. The molecule has 3 aliphatic rings. The number of carbonyl (C=O) groups excluding carboxylic acids is 1. The lowest BCUT2D eigenvalue weighted by Crippen LogP contribution is -2.47. The molecule has 2 saturated heterocycles. The van der Waals surface area contributed by atoms with Crippen LogP contribution in [0.2, 0.25) is 5.02 Å². The van der Waals surface area contributed by atoms with E-state index in [9.17, 15) is 18.0 Å². The predicted molar refractivity (Wildman–Crippen MR) is 163 cm³/mol. The number of nitrogens with zero attached hydrogens (tertiary/aromatic N) is 4. The number of hydrogen-bond donors (Lipinski definition) is 1. The number of halogens is 5. The number of hydrogen-bond acceptors (Lipinski definition) is 5. The van der Waals surface area contributed by atoms with Crippen LogP contribution in [0.5, 0.6) is 0 Å². The van der Waals surface area contributed by atoms with Crippen LogP contribution in [0.3, 0.4) is 0 Å². The third kappa shape index (κ3) is 8.41. The van der Waals surface area contributed by atoms with Crippen LogP contribution in [-0.2, 0) is 6.54 Å². The van der Waals surface area contributed by atoms with Crippen molar-refractivity contribution < 1.29 is 22.4 Å². The molecule has 0 radical (unpaired) electrons. The van der Waals surface area contributed by atoms with Gasteiger partial charge in [-0.1, -0.05) is 43.0 Å². The van der Waals surface area contributed by atoms with Crippen LogP contribution in [0.15, 0.2) is 30.3 Å². The van der Waals surface area contributed by atoms with E-state index in [-0.39, 0.29) is 12.1 Å². The first-order valence-corrected chi connectivity index (χ1v) is 15.8. The molecule has 1 amide bonds. The SMILES string of the molecule is NC(=O)c1ccc(CN2CCN(CC3CCCCC3)CC2)c(-c2ccc(Cl)cc2N2CCN(CCC(F)(F)F)CC2)c1F. The molecule has 0 atom stereocenters. The zero-order valence-electron chi connectivity index (χ0n) is 24.6. The molecule has 236 valence electrons. The quantitative estimate of drug-likeness (QED) is 0.347. The Kier molecular flexibility index (Phi) is 10.5. The van der Waals surface area contributed by atoms with Gasteiger partial charge < -0.3 is 15.5 Å². The first-order chi connectivity index (χ1) is 20.6. The molecule has 11 heteroatoms. The predicted octanol–water partition coefficient (Wildman–Crippen LogP) is 6.02. The average molecular weight is 624 g/mol. The number of anilines is 1. The fourth-order valence-corrected chi connectivity index (χ4v) is 6.98. The molecular weight excluding hydrogens is 582 g/mol. The van der Waals surface area contributed by atoms with Gasteiger partial charge in [0.1, 0.15) is 5.82 Å². The van der Waals surface area contributed by atoms with E-state index < -0.39 is 24.3 Å². The molecule has 2 aromatic carbocycles. The molecule has 5 rings (SSSR count). The van der Waals surface area contributed by atoms with Crippen molar-refractivity contribution in [1.29, 1.82) is 0 Å². The fraction of sp³-hybridized carbons (Fsp3) is 0.594. The summed E-state index contributed by atoms with van der Waals surface area (Å²) in [6.07, 6.45) is 1.62. The normalized spacial score (nSPS) is 20.1. The molecule has 0 bridgehead atoms. The van der Waals surface area contributed by atoms with Crippen LogP contribution in [0.25, 0.3) is 11.1 Å². The van der Waals surface area contributed by atoms with Crippen LogP contribution in [0, 0.1) is 11.7 Å². The zero-order valence-corrected chi connectivity index (χ0v) is 25.4. The first-order valence-electron chi connectivity index (χ1n) is 15.5. The minimum absolute atomic E-state index is 0.0485. The first kappa shape index (κ1) is 32.0. The van der Waals surface area contributed by atoms with E-state index >= 15 is 4.39 Å². The van der Waals surface area contributed by atoms with Crippen molar-refractivity contribution in [3.05, 3.63) is 52.3 Å². The van der Waals surface area contributed by atoms with E-state index in [4.69, 9.17) is 17.3 Å². The van der Waals surface area contributed by atoms with Gasteiger partial charge in [0.05, 0.1) is 12.0 Å². The molecule has 2 aromatic rings. The summed E-state index contributed by atoms with van der Waals surface area (Å²) in [7, 11) is 0. The molecule has 1 aliphatic carbocycles. The molecule has 0 aromatic heterocycles. The number of benzene rings is 2. The second-order valence-electron chi connectivity index (χ2n) is 12.3. The van der Waals surface area contributed by atoms with Crippen molar-refractivity contribution in [2.75, 3.05) is 70.3 Å². The second kappa shape index (κ2) is 14.1. The minimum atomic E-state index is -4.20. The van der Waals surface area contributed by atoms with Gasteiger partial charge >= 0.3 is 6.18 Å². The fourth-order valence-electron chi connectivity index (χ4n) is 6.81. The van der Waals surface area contributed by atoms with Crippen LogP contribution in [0.1, 0.15) is 54.4 Å². The largest absolute Gasteiger partial charge is 0.390 e. The lowest BCUT2D eigenvalue weighted by atomic mass is 9.89. The zero-order chi connectivity index (χ0) is 30.6.